The molecule has 3 rings (SSSR count). The molecule has 46 heavy (non-hydrogen) atoms. The summed E-state index contributed by atoms with van der Waals surface area (Å²) in [5.41, 5.74) is 7.50. The fraction of sp³-hybridized carbons (Fsp3) is 0.333. The number of ketones is 1. The normalized spacial score (nSPS) is 11.2. The summed E-state index contributed by atoms with van der Waals surface area (Å²) in [6.45, 7) is 7.36. The van der Waals surface area contributed by atoms with Crippen molar-refractivity contribution < 1.29 is 27.6 Å². The lowest BCUT2D eigenvalue weighted by molar-refractivity contribution is -0.124. The van der Waals surface area contributed by atoms with Crippen molar-refractivity contribution in [3.63, 3.8) is 0 Å². The van der Waals surface area contributed by atoms with E-state index >= 15 is 0 Å². The number of primary sulfonamides is 1. The van der Waals surface area contributed by atoms with Crippen molar-refractivity contribution in [3.05, 3.63) is 78.1 Å². The number of sulfonamides is 1. The van der Waals surface area contributed by atoms with Crippen LogP contribution in [-0.4, -0.2) is 80.8 Å². The summed E-state index contributed by atoms with van der Waals surface area (Å²) in [7, 11) is -3.82. The Bertz CT molecular complexity index is 1590. The molecule has 0 aliphatic rings. The fourth-order valence-corrected chi connectivity index (χ4v) is 4.60. The minimum atomic E-state index is -3.82. The lowest BCUT2D eigenvalue weighted by Crippen LogP contribution is -2.39. The number of aromatic nitrogens is 2. The van der Waals surface area contributed by atoms with Gasteiger partial charge in [-0.2, -0.15) is 17.7 Å². The minimum Gasteiger partial charge on any atom is -0.379 e. The van der Waals surface area contributed by atoms with E-state index in [1.807, 2.05) is 37.3 Å². The van der Waals surface area contributed by atoms with Gasteiger partial charge in [-0.05, 0) is 37.3 Å². The molecule has 0 saturated heterocycles. The monoisotopic (exact) mass is 672 g/mol. The Kier molecular flexibility index (Phi) is 14.4. The van der Waals surface area contributed by atoms with Crippen molar-refractivity contribution in [2.24, 2.45) is 5.14 Å². The predicted octanol–water partition coefficient (Wildman–Crippen LogP) is 0.331. The molecule has 0 saturated carbocycles. The molecule has 248 valence electrons. The van der Waals surface area contributed by atoms with E-state index < -0.39 is 10.0 Å². The highest BCUT2D eigenvalue weighted by Crippen LogP contribution is 2.25. The van der Waals surface area contributed by atoms with Gasteiger partial charge in [-0.25, -0.2) is 23.7 Å². The van der Waals surface area contributed by atoms with E-state index in [1.165, 1.54) is 12.1 Å². The highest BCUT2D eigenvalue weighted by atomic mass is 32.2. The zero-order valence-corrected chi connectivity index (χ0v) is 27.3. The second-order valence-corrected chi connectivity index (χ2v) is 12.1. The van der Waals surface area contributed by atoms with E-state index in [-0.39, 0.29) is 60.9 Å². The second-order valence-electron chi connectivity index (χ2n) is 10.2. The van der Waals surface area contributed by atoms with Gasteiger partial charge in [-0.15, -0.1) is 0 Å². The number of hydrogen-bond donors (Lipinski definition) is 7. The smallest absolute Gasteiger partial charge is 0.239 e. The maximum absolute atomic E-state index is 12.1. The van der Waals surface area contributed by atoms with Gasteiger partial charge in [0, 0.05) is 37.3 Å². The number of thiol groups is 1. The summed E-state index contributed by atoms with van der Waals surface area (Å²) in [6, 6.07) is 16.0. The van der Waals surface area contributed by atoms with Crippen molar-refractivity contribution in [2.45, 2.75) is 24.8 Å². The van der Waals surface area contributed by atoms with Gasteiger partial charge in [0.25, 0.3) is 0 Å². The molecule has 1 aromatic heterocycles. The van der Waals surface area contributed by atoms with Gasteiger partial charge in [0.05, 0.1) is 47.4 Å². The zero-order chi connectivity index (χ0) is 33.5. The van der Waals surface area contributed by atoms with E-state index in [0.29, 0.717) is 36.7 Å². The molecule has 0 spiro atoms. The number of nitrogens with one attached hydrogen (secondary N) is 5. The summed E-state index contributed by atoms with van der Waals surface area (Å²) in [5.74, 6) is -0.666. The molecule has 0 unspecified atom stereocenters. The van der Waals surface area contributed by atoms with Crippen LogP contribution in [-0.2, 0) is 35.9 Å². The van der Waals surface area contributed by atoms with Gasteiger partial charge in [0.2, 0.25) is 21.8 Å². The van der Waals surface area contributed by atoms with Crippen LogP contribution in [0.1, 0.15) is 17.7 Å². The number of carbonyl (C=O) groups is 3. The van der Waals surface area contributed by atoms with Crippen LogP contribution in [0, 0.1) is 6.92 Å². The van der Waals surface area contributed by atoms with E-state index in [0.717, 1.165) is 16.8 Å². The summed E-state index contributed by atoms with van der Waals surface area (Å²) >= 11 is 3.86. The number of nitrogens with zero attached hydrogens (tertiary/aromatic N) is 2. The van der Waals surface area contributed by atoms with E-state index in [2.05, 4.69) is 51.1 Å². The Hall–Kier alpha value is -4.06. The Morgan fingerprint density at radius 2 is 1.63 bits per heavy atom. The number of hydrogen-bond acceptors (Lipinski definition) is 11. The van der Waals surface area contributed by atoms with Crippen molar-refractivity contribution in [3.8, 4) is 16.9 Å². The van der Waals surface area contributed by atoms with Gasteiger partial charge in [-0.1, -0.05) is 36.4 Å². The Morgan fingerprint density at radius 3 is 2.30 bits per heavy atom. The molecule has 14 nitrogen and oxygen atoms in total. The van der Waals surface area contributed by atoms with Crippen LogP contribution in [0.15, 0.2) is 71.8 Å². The highest BCUT2D eigenvalue weighted by molar-refractivity contribution is 7.89. The molecule has 16 heteroatoms. The second kappa shape index (κ2) is 18.2. The molecule has 7 N–H and O–H groups in total. The number of amides is 2. The largest absolute Gasteiger partial charge is 0.379 e. The van der Waals surface area contributed by atoms with Crippen LogP contribution in [0.4, 0.5) is 0 Å². The third kappa shape index (κ3) is 12.4. The average Bonchev–Trinajstić information content (AvgIpc) is 3.46. The number of rotatable bonds is 20. The number of benzene rings is 2. The summed E-state index contributed by atoms with van der Waals surface area (Å²) in [5, 5.41) is 20.9. The Labute approximate surface area is 273 Å². The minimum absolute atomic E-state index is 0.0126. The van der Waals surface area contributed by atoms with Crippen molar-refractivity contribution in [1.29, 1.82) is 0 Å². The summed E-state index contributed by atoms with van der Waals surface area (Å²) in [6.07, 6.45) is 0.244. The summed E-state index contributed by atoms with van der Waals surface area (Å²) in [4.78, 5) is 40.8. The quantitative estimate of drug-likeness (QED) is 0.0499. The first-order chi connectivity index (χ1) is 22.0. The lowest BCUT2D eigenvalue weighted by atomic mass is 10.1. The van der Waals surface area contributed by atoms with Crippen LogP contribution in [0.25, 0.3) is 16.9 Å². The lowest BCUT2D eigenvalue weighted by Gasteiger charge is -2.10. The van der Waals surface area contributed by atoms with Crippen LogP contribution in [0.3, 0.4) is 0 Å². The molecule has 0 bridgehead atoms. The predicted molar refractivity (Wildman–Crippen MR) is 177 cm³/mol. The first-order valence-corrected chi connectivity index (χ1v) is 16.6. The van der Waals surface area contributed by atoms with Gasteiger partial charge in [0.1, 0.15) is 6.61 Å². The van der Waals surface area contributed by atoms with Gasteiger partial charge in [-0.3, -0.25) is 19.2 Å². The Balaban J connectivity index is 1.36. The van der Waals surface area contributed by atoms with Crippen LogP contribution >= 0.6 is 12.6 Å². The highest BCUT2D eigenvalue weighted by Gasteiger charge is 2.14. The van der Waals surface area contributed by atoms with Crippen LogP contribution < -0.4 is 31.9 Å². The first kappa shape index (κ1) is 36.4. The molecule has 3 aromatic rings. The molecular weight excluding hydrogens is 633 g/mol. The van der Waals surface area contributed by atoms with Crippen molar-refractivity contribution in [2.75, 3.05) is 45.0 Å². The first-order valence-electron chi connectivity index (χ1n) is 14.4. The fourth-order valence-electron chi connectivity index (χ4n) is 3.97. The molecule has 0 atom stereocenters. The molecular formula is C30H40N8O6S2. The number of hydroxylamine groups is 1. The maximum Gasteiger partial charge on any atom is 0.239 e. The standard InChI is InChI=1S/C30H40N8O6S2/c1-21-3-5-23(6-4-21)28-15-24(37-38(28)25-7-9-27(10-8-25)46(31,42)43)19-44-36-14-13-32-12-11-26(39)17-35-29(40)18-33-22(2)16-34-30(41)20-45/h3-10,15,32-33,36,45H,2,11-14,16-20H2,1H3,(H,34,41)(H,35,40)(H2,31,42,43). The number of nitrogens with two attached hydrogens (primary N) is 1. The SMILES string of the molecule is C=C(CNC(=O)CS)NCC(=O)NCC(=O)CCNCCNOCc1cc(-c2ccc(C)cc2)n(-c2ccc(S(N)(=O)=O)cc2)n1. The third-order valence-corrected chi connectivity index (χ3v) is 7.66. The van der Waals surface area contributed by atoms with Gasteiger partial charge >= 0.3 is 0 Å². The summed E-state index contributed by atoms with van der Waals surface area (Å²) < 4.78 is 25.1. The van der Waals surface area contributed by atoms with E-state index in [1.54, 1.807) is 16.8 Å². The molecule has 0 aliphatic heterocycles. The molecule has 0 radical (unpaired) electrons. The van der Waals surface area contributed by atoms with Crippen molar-refractivity contribution >= 4 is 40.2 Å². The number of Topliss-reactive ketones (excluding diaryl/α,β-unsaturated/α-hetero) is 1. The zero-order valence-electron chi connectivity index (χ0n) is 25.5. The molecule has 0 fully saturated rings. The molecule has 2 aromatic carbocycles. The number of carbonyl (C=O) groups excluding carboxylic acids is 3. The van der Waals surface area contributed by atoms with Crippen LogP contribution in [0.2, 0.25) is 0 Å². The number of aryl methyl sites for hydroxylation is 1. The van der Waals surface area contributed by atoms with Crippen LogP contribution in [0.5, 0.6) is 0 Å². The molecule has 1 heterocycles. The van der Waals surface area contributed by atoms with E-state index in [4.69, 9.17) is 9.98 Å². The Morgan fingerprint density at radius 1 is 0.935 bits per heavy atom. The topological polar surface area (TPSA) is 199 Å². The van der Waals surface area contributed by atoms with Crippen molar-refractivity contribution in [1.82, 2.24) is 36.5 Å². The maximum atomic E-state index is 12.1. The molecule has 0 aliphatic carbocycles. The van der Waals surface area contributed by atoms with E-state index in [9.17, 15) is 22.8 Å². The molecule has 2 amide bonds. The average molecular weight is 673 g/mol. The van der Waals surface area contributed by atoms with Gasteiger partial charge in [0.15, 0.2) is 5.78 Å². The van der Waals surface area contributed by atoms with Gasteiger partial charge < -0.3 is 21.3 Å². The third-order valence-electron chi connectivity index (χ3n) is 6.45.